The Kier molecular flexibility index (Phi) is 3.61. The van der Waals surface area contributed by atoms with E-state index in [1.54, 1.807) is 0 Å². The summed E-state index contributed by atoms with van der Waals surface area (Å²) in [5.74, 6) is 0. The predicted molar refractivity (Wildman–Crippen MR) is 81.7 cm³/mol. The van der Waals surface area contributed by atoms with Crippen molar-refractivity contribution in [2.24, 2.45) is 0 Å². The molecule has 1 fully saturated rings. The van der Waals surface area contributed by atoms with Gasteiger partial charge >= 0.3 is 0 Å². The van der Waals surface area contributed by atoms with Crippen molar-refractivity contribution in [2.45, 2.75) is 52.0 Å². The molecule has 1 aliphatic rings. The minimum Gasteiger partial charge on any atom is -0.358 e. The molecule has 0 spiro atoms. The van der Waals surface area contributed by atoms with Gasteiger partial charge in [0.1, 0.15) is 0 Å². The third kappa shape index (κ3) is 2.69. The summed E-state index contributed by atoms with van der Waals surface area (Å²) >= 11 is 0. The van der Waals surface area contributed by atoms with Gasteiger partial charge in [-0.2, -0.15) is 0 Å². The van der Waals surface area contributed by atoms with Crippen LogP contribution >= 0.6 is 0 Å². The van der Waals surface area contributed by atoms with Crippen LogP contribution < -0.4 is 5.32 Å². The van der Waals surface area contributed by atoms with Crippen LogP contribution in [0.1, 0.15) is 42.5 Å². The number of hydrogen-bond acceptors (Lipinski definition) is 1. The van der Waals surface area contributed by atoms with Crippen LogP contribution in [0.4, 0.5) is 0 Å². The van der Waals surface area contributed by atoms with Crippen molar-refractivity contribution >= 4 is 10.9 Å². The molecular weight excluding hydrogens is 232 g/mol. The third-order valence-electron chi connectivity index (χ3n) is 4.44. The monoisotopic (exact) mass is 256 g/mol. The van der Waals surface area contributed by atoms with Crippen molar-refractivity contribution in [3.05, 3.63) is 35.0 Å². The highest BCUT2D eigenvalue weighted by Gasteiger charge is 2.14. The standard InChI is InChI=1S/C17H24N2/c1-12-7-8-17-16(11-12)15(13(2)19-17)9-10-18-14-5-3-4-6-14/h7-8,11,14,18-19H,3-6,9-10H2,1-2H3. The third-order valence-corrected chi connectivity index (χ3v) is 4.44. The average molecular weight is 256 g/mol. The van der Waals surface area contributed by atoms with Crippen molar-refractivity contribution < 1.29 is 0 Å². The lowest BCUT2D eigenvalue weighted by Crippen LogP contribution is -2.28. The van der Waals surface area contributed by atoms with E-state index in [1.165, 1.54) is 53.4 Å². The number of fused-ring (bicyclic) bond motifs is 1. The van der Waals surface area contributed by atoms with E-state index in [4.69, 9.17) is 0 Å². The second-order valence-electron chi connectivity index (χ2n) is 5.96. The highest BCUT2D eigenvalue weighted by atomic mass is 14.9. The Labute approximate surface area is 115 Å². The zero-order valence-electron chi connectivity index (χ0n) is 12.1. The zero-order valence-corrected chi connectivity index (χ0v) is 12.1. The lowest BCUT2D eigenvalue weighted by Gasteiger charge is -2.11. The largest absolute Gasteiger partial charge is 0.358 e. The first-order valence-corrected chi connectivity index (χ1v) is 7.55. The molecule has 1 heterocycles. The quantitative estimate of drug-likeness (QED) is 0.854. The van der Waals surface area contributed by atoms with Gasteiger partial charge in [0, 0.05) is 22.6 Å². The molecule has 1 aromatic heterocycles. The van der Waals surface area contributed by atoms with Crippen LogP contribution in [0.3, 0.4) is 0 Å². The van der Waals surface area contributed by atoms with E-state index in [9.17, 15) is 0 Å². The van der Waals surface area contributed by atoms with Gasteiger partial charge in [-0.15, -0.1) is 0 Å². The number of H-pyrrole nitrogens is 1. The molecule has 2 heteroatoms. The Morgan fingerprint density at radius 3 is 2.79 bits per heavy atom. The first-order chi connectivity index (χ1) is 9.24. The summed E-state index contributed by atoms with van der Waals surface area (Å²) in [5.41, 5.74) is 5.44. The fourth-order valence-electron chi connectivity index (χ4n) is 3.35. The summed E-state index contributed by atoms with van der Waals surface area (Å²) in [6.07, 6.45) is 6.68. The summed E-state index contributed by atoms with van der Waals surface area (Å²) in [5, 5.41) is 5.12. The van der Waals surface area contributed by atoms with E-state index in [0.29, 0.717) is 0 Å². The Hall–Kier alpha value is -1.28. The van der Waals surface area contributed by atoms with Gasteiger partial charge in [-0.3, -0.25) is 0 Å². The van der Waals surface area contributed by atoms with E-state index in [2.05, 4.69) is 42.3 Å². The number of aromatic amines is 1. The van der Waals surface area contributed by atoms with E-state index in [-0.39, 0.29) is 0 Å². The SMILES string of the molecule is Cc1ccc2[nH]c(C)c(CCNC3CCCC3)c2c1. The first-order valence-electron chi connectivity index (χ1n) is 7.55. The van der Waals surface area contributed by atoms with Gasteiger partial charge in [-0.1, -0.05) is 24.5 Å². The summed E-state index contributed by atoms with van der Waals surface area (Å²) in [6.45, 7) is 5.47. The maximum absolute atomic E-state index is 3.71. The molecule has 0 atom stereocenters. The molecule has 2 nitrogen and oxygen atoms in total. The Morgan fingerprint density at radius 2 is 2.00 bits per heavy atom. The lowest BCUT2D eigenvalue weighted by molar-refractivity contribution is 0.528. The van der Waals surface area contributed by atoms with Crippen LogP contribution in [-0.2, 0) is 6.42 Å². The van der Waals surface area contributed by atoms with Crippen LogP contribution in [0, 0.1) is 13.8 Å². The molecule has 102 valence electrons. The van der Waals surface area contributed by atoms with Crippen LogP contribution in [0.5, 0.6) is 0 Å². The minimum atomic E-state index is 0.771. The number of benzene rings is 1. The van der Waals surface area contributed by atoms with E-state index in [0.717, 1.165) is 19.0 Å². The smallest absolute Gasteiger partial charge is 0.0459 e. The van der Waals surface area contributed by atoms with E-state index >= 15 is 0 Å². The molecule has 1 aliphatic carbocycles. The highest BCUT2D eigenvalue weighted by molar-refractivity contribution is 5.85. The van der Waals surface area contributed by atoms with Crippen molar-refractivity contribution in [1.82, 2.24) is 10.3 Å². The molecule has 0 radical (unpaired) electrons. The second-order valence-corrected chi connectivity index (χ2v) is 5.96. The summed E-state index contributed by atoms with van der Waals surface area (Å²) in [6, 6.07) is 7.46. The fraction of sp³-hybridized carbons (Fsp3) is 0.529. The zero-order chi connectivity index (χ0) is 13.2. The molecular formula is C17H24N2. The van der Waals surface area contributed by atoms with Gasteiger partial charge in [0.05, 0.1) is 0 Å². The maximum Gasteiger partial charge on any atom is 0.0459 e. The summed E-state index contributed by atoms with van der Waals surface area (Å²) in [4.78, 5) is 3.50. The molecule has 19 heavy (non-hydrogen) atoms. The highest BCUT2D eigenvalue weighted by Crippen LogP contribution is 2.24. The maximum atomic E-state index is 3.71. The Balaban J connectivity index is 1.72. The fourth-order valence-corrected chi connectivity index (χ4v) is 3.35. The van der Waals surface area contributed by atoms with Gasteiger partial charge < -0.3 is 10.3 Å². The molecule has 0 bridgehead atoms. The normalized spacial score (nSPS) is 16.5. The van der Waals surface area contributed by atoms with Crippen LogP contribution in [0.15, 0.2) is 18.2 Å². The number of rotatable bonds is 4. The lowest BCUT2D eigenvalue weighted by atomic mass is 10.1. The van der Waals surface area contributed by atoms with Crippen LogP contribution in [0.2, 0.25) is 0 Å². The number of nitrogens with one attached hydrogen (secondary N) is 2. The molecule has 0 saturated heterocycles. The molecule has 3 rings (SSSR count). The van der Waals surface area contributed by atoms with Crippen molar-refractivity contribution in [2.75, 3.05) is 6.54 Å². The average Bonchev–Trinajstić information content (AvgIpc) is 2.99. The Bertz CT molecular complexity index is 562. The number of hydrogen-bond donors (Lipinski definition) is 2. The topological polar surface area (TPSA) is 27.8 Å². The molecule has 0 aliphatic heterocycles. The van der Waals surface area contributed by atoms with Crippen molar-refractivity contribution in [3.8, 4) is 0 Å². The Morgan fingerprint density at radius 1 is 1.21 bits per heavy atom. The molecule has 1 saturated carbocycles. The van der Waals surface area contributed by atoms with E-state index < -0.39 is 0 Å². The predicted octanol–water partition coefficient (Wildman–Crippen LogP) is 3.86. The van der Waals surface area contributed by atoms with Crippen molar-refractivity contribution in [3.63, 3.8) is 0 Å². The van der Waals surface area contributed by atoms with Crippen molar-refractivity contribution in [1.29, 1.82) is 0 Å². The summed E-state index contributed by atoms with van der Waals surface area (Å²) in [7, 11) is 0. The van der Waals surface area contributed by atoms with Gasteiger partial charge in [0.25, 0.3) is 0 Å². The minimum absolute atomic E-state index is 0.771. The number of aryl methyl sites for hydroxylation is 2. The van der Waals surface area contributed by atoms with Crippen LogP contribution in [0.25, 0.3) is 10.9 Å². The molecule has 1 aromatic carbocycles. The molecule has 0 unspecified atom stereocenters. The molecule has 0 amide bonds. The van der Waals surface area contributed by atoms with Gasteiger partial charge in [0.15, 0.2) is 0 Å². The van der Waals surface area contributed by atoms with Crippen LogP contribution in [-0.4, -0.2) is 17.6 Å². The van der Waals surface area contributed by atoms with E-state index in [1.807, 2.05) is 0 Å². The van der Waals surface area contributed by atoms with Gasteiger partial charge in [-0.05, 0) is 57.4 Å². The summed E-state index contributed by atoms with van der Waals surface area (Å²) < 4.78 is 0. The van der Waals surface area contributed by atoms with Gasteiger partial charge in [0.2, 0.25) is 0 Å². The first kappa shape index (κ1) is 12.7. The number of aromatic nitrogens is 1. The second kappa shape index (κ2) is 5.38. The molecule has 2 N–H and O–H groups in total. The molecule has 2 aromatic rings. The van der Waals surface area contributed by atoms with Gasteiger partial charge in [-0.25, -0.2) is 0 Å².